The predicted molar refractivity (Wildman–Crippen MR) is 64.2 cm³/mol. The second-order valence-electron chi connectivity index (χ2n) is 4.45. The third-order valence-electron chi connectivity index (χ3n) is 2.21. The minimum absolute atomic E-state index is 0.0152. The van der Waals surface area contributed by atoms with Gasteiger partial charge in [-0.3, -0.25) is 9.59 Å². The largest absolute Gasteiger partial charge is 0.466 e. The Hall–Kier alpha value is -1.10. The molecular formula is C12H23NO4. The van der Waals surface area contributed by atoms with E-state index in [2.05, 4.69) is 0 Å². The number of ether oxygens (including phenoxy) is 2. The average Bonchev–Trinajstić information content (AvgIpc) is 2.15. The Bertz CT molecular complexity index is 253. The molecule has 0 aromatic heterocycles. The monoisotopic (exact) mass is 245 g/mol. The number of hydrogen-bond donors (Lipinski definition) is 1. The van der Waals surface area contributed by atoms with E-state index in [4.69, 9.17) is 15.2 Å². The third-order valence-corrected chi connectivity index (χ3v) is 2.21. The van der Waals surface area contributed by atoms with Gasteiger partial charge >= 0.3 is 11.9 Å². The van der Waals surface area contributed by atoms with E-state index in [9.17, 15) is 9.59 Å². The van der Waals surface area contributed by atoms with Gasteiger partial charge in [-0.05, 0) is 19.3 Å². The lowest BCUT2D eigenvalue weighted by molar-refractivity contribution is -0.154. The summed E-state index contributed by atoms with van der Waals surface area (Å²) < 4.78 is 9.89. The number of hydrogen-bond acceptors (Lipinski definition) is 5. The molecule has 17 heavy (non-hydrogen) atoms. The first-order chi connectivity index (χ1) is 7.86. The van der Waals surface area contributed by atoms with Crippen LogP contribution in [0.2, 0.25) is 0 Å². The van der Waals surface area contributed by atoms with Crippen molar-refractivity contribution < 1.29 is 19.1 Å². The van der Waals surface area contributed by atoms with Gasteiger partial charge in [0.2, 0.25) is 0 Å². The summed E-state index contributed by atoms with van der Waals surface area (Å²) in [6, 6.07) is -0.344. The van der Waals surface area contributed by atoms with E-state index in [0.29, 0.717) is 18.9 Å². The molecule has 2 N–H and O–H groups in total. The minimum atomic E-state index is -0.603. The zero-order valence-electron chi connectivity index (χ0n) is 11.1. The van der Waals surface area contributed by atoms with Gasteiger partial charge in [-0.15, -0.1) is 0 Å². The molecule has 0 saturated heterocycles. The molecule has 0 radical (unpaired) electrons. The van der Waals surface area contributed by atoms with Gasteiger partial charge in [0, 0.05) is 13.0 Å². The lowest BCUT2D eigenvalue weighted by atomic mass is 9.98. The van der Waals surface area contributed by atoms with Crippen LogP contribution in [0.1, 0.15) is 40.5 Å². The predicted octanol–water partition coefficient (Wildman–Crippen LogP) is 1.24. The van der Waals surface area contributed by atoms with E-state index < -0.39 is 18.0 Å². The van der Waals surface area contributed by atoms with Crippen molar-refractivity contribution in [1.82, 2.24) is 0 Å². The number of esters is 2. The van der Waals surface area contributed by atoms with Gasteiger partial charge in [-0.1, -0.05) is 13.8 Å². The first-order valence-corrected chi connectivity index (χ1v) is 5.95. The number of carbonyl (C=O) groups is 2. The fourth-order valence-electron chi connectivity index (χ4n) is 1.57. The van der Waals surface area contributed by atoms with Crippen LogP contribution >= 0.6 is 0 Å². The van der Waals surface area contributed by atoms with Gasteiger partial charge in [0.05, 0.1) is 13.0 Å². The lowest BCUT2D eigenvalue weighted by Gasteiger charge is -2.24. The van der Waals surface area contributed by atoms with Crippen molar-refractivity contribution in [1.29, 1.82) is 0 Å². The quantitative estimate of drug-likeness (QED) is 0.683. The molecule has 5 heteroatoms. The molecule has 0 amide bonds. The van der Waals surface area contributed by atoms with Crippen LogP contribution in [0, 0.1) is 5.92 Å². The summed E-state index contributed by atoms with van der Waals surface area (Å²) in [5.74, 6) is -0.443. The maximum absolute atomic E-state index is 11.4. The normalized spacial score (nSPS) is 14.2. The second kappa shape index (κ2) is 8.06. The Morgan fingerprint density at radius 2 is 1.88 bits per heavy atom. The first-order valence-electron chi connectivity index (χ1n) is 5.95. The second-order valence-corrected chi connectivity index (χ2v) is 4.45. The van der Waals surface area contributed by atoms with Crippen molar-refractivity contribution in [2.75, 3.05) is 6.61 Å². The molecule has 0 rings (SSSR count). The molecule has 0 aliphatic heterocycles. The summed E-state index contributed by atoms with van der Waals surface area (Å²) in [6.07, 6.45) is 0.104. The topological polar surface area (TPSA) is 78.6 Å². The molecular weight excluding hydrogens is 222 g/mol. The van der Waals surface area contributed by atoms with E-state index in [1.807, 2.05) is 13.8 Å². The SMILES string of the molecule is CCOC(=O)C[C@H](OC(C)=O)[C@H](N)CC(C)C. The highest BCUT2D eigenvalue weighted by Crippen LogP contribution is 2.13. The lowest BCUT2D eigenvalue weighted by Crippen LogP contribution is -2.40. The van der Waals surface area contributed by atoms with Crippen LogP contribution < -0.4 is 5.73 Å². The Morgan fingerprint density at radius 3 is 2.29 bits per heavy atom. The Balaban J connectivity index is 4.40. The Labute approximate surface area is 103 Å². The van der Waals surface area contributed by atoms with Crippen molar-refractivity contribution in [2.45, 2.75) is 52.7 Å². The average molecular weight is 245 g/mol. The van der Waals surface area contributed by atoms with Gasteiger partial charge in [-0.25, -0.2) is 0 Å². The van der Waals surface area contributed by atoms with Crippen LogP contribution in [0.3, 0.4) is 0 Å². The zero-order chi connectivity index (χ0) is 13.4. The van der Waals surface area contributed by atoms with Crippen molar-refractivity contribution in [3.05, 3.63) is 0 Å². The molecule has 0 fully saturated rings. The van der Waals surface area contributed by atoms with Crippen molar-refractivity contribution in [3.63, 3.8) is 0 Å². The summed E-state index contributed by atoms with van der Waals surface area (Å²) in [7, 11) is 0. The summed E-state index contributed by atoms with van der Waals surface area (Å²) in [4.78, 5) is 22.3. The molecule has 0 aromatic carbocycles. The van der Waals surface area contributed by atoms with Gasteiger partial charge in [0.1, 0.15) is 6.10 Å². The standard InChI is InChI=1S/C12H23NO4/c1-5-16-12(15)7-11(17-9(4)14)10(13)6-8(2)3/h8,10-11H,5-7,13H2,1-4H3/t10-,11+/m1/s1. The zero-order valence-corrected chi connectivity index (χ0v) is 11.1. The fraction of sp³-hybridized carbons (Fsp3) is 0.833. The maximum atomic E-state index is 11.4. The van der Waals surface area contributed by atoms with Gasteiger partial charge in [0.15, 0.2) is 0 Å². The molecule has 0 heterocycles. The summed E-state index contributed by atoms with van der Waals surface area (Å²) in [5.41, 5.74) is 5.93. The van der Waals surface area contributed by atoms with E-state index in [-0.39, 0.29) is 12.5 Å². The molecule has 2 atom stereocenters. The molecule has 0 unspecified atom stereocenters. The smallest absolute Gasteiger partial charge is 0.309 e. The highest BCUT2D eigenvalue weighted by Gasteiger charge is 2.25. The van der Waals surface area contributed by atoms with Gasteiger partial charge < -0.3 is 15.2 Å². The van der Waals surface area contributed by atoms with Crippen LogP contribution in [0.4, 0.5) is 0 Å². The highest BCUT2D eigenvalue weighted by atomic mass is 16.6. The molecule has 0 spiro atoms. The molecule has 0 aromatic rings. The van der Waals surface area contributed by atoms with Crippen LogP contribution in [0.15, 0.2) is 0 Å². The molecule has 100 valence electrons. The van der Waals surface area contributed by atoms with Crippen LogP contribution in [0.5, 0.6) is 0 Å². The first kappa shape index (κ1) is 15.9. The summed E-state index contributed by atoms with van der Waals surface area (Å²) in [5, 5.41) is 0. The van der Waals surface area contributed by atoms with Crippen LogP contribution in [-0.2, 0) is 19.1 Å². The number of carbonyl (C=O) groups excluding carboxylic acids is 2. The minimum Gasteiger partial charge on any atom is -0.466 e. The van der Waals surface area contributed by atoms with Crippen LogP contribution in [-0.4, -0.2) is 30.7 Å². The number of rotatable bonds is 7. The molecule has 0 aliphatic carbocycles. The molecule has 5 nitrogen and oxygen atoms in total. The summed E-state index contributed by atoms with van der Waals surface area (Å²) >= 11 is 0. The third kappa shape index (κ3) is 7.74. The summed E-state index contributed by atoms with van der Waals surface area (Å²) in [6.45, 7) is 7.39. The Morgan fingerprint density at radius 1 is 1.29 bits per heavy atom. The molecule has 0 bridgehead atoms. The maximum Gasteiger partial charge on any atom is 0.309 e. The van der Waals surface area contributed by atoms with Gasteiger partial charge in [-0.2, -0.15) is 0 Å². The molecule has 0 saturated carbocycles. The van der Waals surface area contributed by atoms with E-state index in [0.717, 1.165) is 0 Å². The van der Waals surface area contributed by atoms with Crippen molar-refractivity contribution in [2.24, 2.45) is 11.7 Å². The fourth-order valence-corrected chi connectivity index (χ4v) is 1.57. The van der Waals surface area contributed by atoms with E-state index >= 15 is 0 Å². The van der Waals surface area contributed by atoms with Crippen molar-refractivity contribution in [3.8, 4) is 0 Å². The van der Waals surface area contributed by atoms with E-state index in [1.165, 1.54) is 6.92 Å². The van der Waals surface area contributed by atoms with Crippen LogP contribution in [0.25, 0.3) is 0 Å². The van der Waals surface area contributed by atoms with Gasteiger partial charge in [0.25, 0.3) is 0 Å². The molecule has 0 aliphatic rings. The highest BCUT2D eigenvalue weighted by molar-refractivity contribution is 5.71. The number of nitrogens with two attached hydrogens (primary N) is 1. The van der Waals surface area contributed by atoms with E-state index in [1.54, 1.807) is 6.92 Å². The Kier molecular flexibility index (Phi) is 7.54. The van der Waals surface area contributed by atoms with Crippen molar-refractivity contribution >= 4 is 11.9 Å².